The largest absolute Gasteiger partial charge is 0.481 e. The van der Waals surface area contributed by atoms with E-state index in [0.717, 1.165) is 25.7 Å². The Labute approximate surface area is 439 Å². The quantitative estimate of drug-likeness (QED) is 0.0375. The molecule has 0 aliphatic rings. The molecule has 0 aliphatic heterocycles. The fourth-order valence-corrected chi connectivity index (χ4v) is 8.25. The monoisotopic (exact) mass is 1050 g/mol. The van der Waals surface area contributed by atoms with Gasteiger partial charge in [0.1, 0.15) is 42.3 Å². The molecule has 0 saturated heterocycles. The maximum Gasteiger partial charge on any atom is 0.326 e. The number of aliphatic carboxylic acids is 3. The van der Waals surface area contributed by atoms with Gasteiger partial charge in [0.05, 0.1) is 18.9 Å². The molecule has 11 N–H and O–H groups in total. The van der Waals surface area contributed by atoms with E-state index in [1.54, 1.807) is 69.2 Å². The van der Waals surface area contributed by atoms with Crippen LogP contribution in [0.15, 0.2) is 0 Å². The average Bonchev–Trinajstić information content (AvgIpc) is 3.26. The maximum absolute atomic E-state index is 14.1. The minimum absolute atomic E-state index is 0.0424. The number of carbonyl (C=O) groups is 10. The van der Waals surface area contributed by atoms with Crippen LogP contribution in [0.3, 0.4) is 0 Å². The van der Waals surface area contributed by atoms with Crippen LogP contribution >= 0.6 is 0 Å². The highest BCUT2D eigenvalue weighted by Crippen LogP contribution is 2.16. The van der Waals surface area contributed by atoms with Crippen molar-refractivity contribution in [3.8, 4) is 0 Å². The molecule has 0 aromatic rings. The van der Waals surface area contributed by atoms with E-state index < -0.39 is 126 Å². The van der Waals surface area contributed by atoms with E-state index >= 15 is 0 Å². The number of aliphatic hydroxyl groups is 1. The molecule has 8 atom stereocenters. The third kappa shape index (κ3) is 31.4. The fourth-order valence-electron chi connectivity index (χ4n) is 8.25. The number of carbonyl (C=O) groups excluding carboxylic acids is 7. The van der Waals surface area contributed by atoms with Crippen molar-refractivity contribution in [1.82, 2.24) is 37.2 Å². The summed E-state index contributed by atoms with van der Waals surface area (Å²) in [4.78, 5) is 131. The summed E-state index contributed by atoms with van der Waals surface area (Å²) < 4.78 is 0. The number of nitrogens with one attached hydrogen (secondary N) is 7. The highest BCUT2D eigenvalue weighted by molar-refractivity contribution is 5.98. The molecule has 74 heavy (non-hydrogen) atoms. The number of hydrogen-bond acceptors (Lipinski definition) is 11. The van der Waals surface area contributed by atoms with Gasteiger partial charge in [0.25, 0.3) is 0 Å². The van der Waals surface area contributed by atoms with Crippen molar-refractivity contribution < 1.29 is 68.4 Å². The lowest BCUT2D eigenvalue weighted by Crippen LogP contribution is -2.61. The van der Waals surface area contributed by atoms with E-state index in [1.165, 1.54) is 19.3 Å². The van der Waals surface area contributed by atoms with Crippen molar-refractivity contribution in [1.29, 1.82) is 0 Å². The zero-order valence-electron chi connectivity index (χ0n) is 46.5. The van der Waals surface area contributed by atoms with Gasteiger partial charge < -0.3 is 57.6 Å². The Hall–Kier alpha value is -5.34. The van der Waals surface area contributed by atoms with Crippen LogP contribution in [0.25, 0.3) is 0 Å². The van der Waals surface area contributed by atoms with Crippen LogP contribution in [0.5, 0.6) is 0 Å². The molecule has 0 bridgehead atoms. The van der Waals surface area contributed by atoms with Crippen molar-refractivity contribution in [2.75, 3.05) is 0 Å². The van der Waals surface area contributed by atoms with Gasteiger partial charge in [0.15, 0.2) is 0 Å². The number of carboxylic acids is 3. The molecule has 21 heteroatoms. The van der Waals surface area contributed by atoms with E-state index in [4.69, 9.17) is 0 Å². The average molecular weight is 1050 g/mol. The molecule has 0 aromatic heterocycles. The summed E-state index contributed by atoms with van der Waals surface area (Å²) in [6.45, 7) is 21.8. The van der Waals surface area contributed by atoms with E-state index in [-0.39, 0.29) is 62.2 Å². The van der Waals surface area contributed by atoms with Crippen molar-refractivity contribution >= 4 is 59.3 Å². The second-order valence-electron chi connectivity index (χ2n) is 22.3. The molecule has 0 aliphatic carbocycles. The zero-order chi connectivity index (χ0) is 56.8. The van der Waals surface area contributed by atoms with E-state index in [2.05, 4.69) is 51.1 Å². The highest BCUT2D eigenvalue weighted by Gasteiger charge is 2.36. The Morgan fingerprint density at radius 2 is 0.716 bits per heavy atom. The van der Waals surface area contributed by atoms with Crippen LogP contribution in [-0.2, 0) is 47.9 Å². The van der Waals surface area contributed by atoms with Crippen LogP contribution in [0.4, 0.5) is 0 Å². The third-order valence-electron chi connectivity index (χ3n) is 12.1. The summed E-state index contributed by atoms with van der Waals surface area (Å²) in [5.74, 6) is -10.6. The normalized spacial score (nSPS) is 14.9. The first-order valence-corrected chi connectivity index (χ1v) is 26.9. The Kier molecular flexibility index (Phi) is 33.9. The number of carboxylic acid groups (broad SMARTS) is 3. The molecule has 0 saturated carbocycles. The first-order chi connectivity index (χ1) is 34.4. The molecule has 0 spiro atoms. The first-order valence-electron chi connectivity index (χ1n) is 26.9. The summed E-state index contributed by atoms with van der Waals surface area (Å²) in [6.07, 6.45) is 6.09. The van der Waals surface area contributed by atoms with Gasteiger partial charge in [-0.1, -0.05) is 134 Å². The van der Waals surface area contributed by atoms with Crippen molar-refractivity contribution in [3.05, 3.63) is 0 Å². The van der Waals surface area contributed by atoms with Gasteiger partial charge in [-0.05, 0) is 74.0 Å². The van der Waals surface area contributed by atoms with Crippen LogP contribution < -0.4 is 37.2 Å². The molecule has 0 radical (unpaired) electrons. The van der Waals surface area contributed by atoms with Gasteiger partial charge in [-0.3, -0.25) is 43.2 Å². The SMILES string of the molecule is CC(C)CCCCCCCCCC(O)CC(=O)N[C@@H](CCC(=O)O)C(=O)N[C@@H](CC(C)C)C(=O)N[C@H](CC(C)C)C(=O)N[C@H](C(=O)N[C@@H](CC(=O)O)C(=O)N[C@H](CC(C)C)C(=O)N[C@@H](CC(C)C)C(=O)O)C(C)C. The molecule has 0 heterocycles. The van der Waals surface area contributed by atoms with Gasteiger partial charge in [-0.25, -0.2) is 4.79 Å². The summed E-state index contributed by atoms with van der Waals surface area (Å²) in [5, 5.41) is 57.3. The summed E-state index contributed by atoms with van der Waals surface area (Å²) >= 11 is 0. The third-order valence-corrected chi connectivity index (χ3v) is 12.1. The number of rotatable bonds is 40. The number of amides is 7. The molecule has 21 nitrogen and oxygen atoms in total. The Balaban J connectivity index is 6.22. The predicted octanol–water partition coefficient (Wildman–Crippen LogP) is 4.56. The van der Waals surface area contributed by atoms with Crippen LogP contribution in [-0.4, -0.2) is 128 Å². The predicted molar refractivity (Wildman–Crippen MR) is 280 cm³/mol. The van der Waals surface area contributed by atoms with Crippen molar-refractivity contribution in [2.24, 2.45) is 35.5 Å². The van der Waals surface area contributed by atoms with Crippen LogP contribution in [0, 0.1) is 35.5 Å². The van der Waals surface area contributed by atoms with Crippen molar-refractivity contribution in [3.63, 3.8) is 0 Å². The lowest BCUT2D eigenvalue weighted by Gasteiger charge is -2.29. The molecule has 0 fully saturated rings. The zero-order valence-corrected chi connectivity index (χ0v) is 46.5. The molecular weight excluding hydrogens is 959 g/mol. The minimum Gasteiger partial charge on any atom is -0.481 e. The second kappa shape index (κ2) is 36.6. The van der Waals surface area contributed by atoms with Gasteiger partial charge in [0.2, 0.25) is 41.4 Å². The van der Waals surface area contributed by atoms with Gasteiger partial charge in [-0.15, -0.1) is 0 Å². The fraction of sp³-hybridized carbons (Fsp3) is 0.811. The molecule has 0 aromatic carbocycles. The van der Waals surface area contributed by atoms with E-state index in [0.29, 0.717) is 18.8 Å². The molecule has 426 valence electrons. The standard InChI is InChI=1S/C53H95N7O14/c1-30(2)20-18-16-14-13-15-17-19-21-36(61)28-43(62)54-37(22-23-44(63)64)47(67)55-38(24-31(3)4)48(68)57-40(26-33(7)8)51(71)60-46(35(11)12)52(72)58-41(29-45(65)66)50(70)56-39(25-32(5)6)49(69)59-42(53(73)74)27-34(9)10/h30-42,46,61H,13-29H2,1-12H3,(H,54,62)(H,55,67)(H,56,70)(H,57,68)(H,58,72)(H,59,69)(H,60,71)(H,63,64)(H,65,66)(H,73,74)/t36?,37-,38-,39+,40+,41-,42-,46-/m0/s1. The Morgan fingerprint density at radius 1 is 0.351 bits per heavy atom. The van der Waals surface area contributed by atoms with Crippen LogP contribution in [0.1, 0.15) is 192 Å². The Morgan fingerprint density at radius 3 is 1.11 bits per heavy atom. The number of aliphatic hydroxyl groups excluding tert-OH is 1. The van der Waals surface area contributed by atoms with Gasteiger partial charge in [0, 0.05) is 6.42 Å². The summed E-state index contributed by atoms with van der Waals surface area (Å²) in [6, 6.07) is -9.65. The Bertz CT molecular complexity index is 1790. The minimum atomic E-state index is -1.75. The first kappa shape index (κ1) is 68.7. The van der Waals surface area contributed by atoms with Crippen molar-refractivity contribution in [2.45, 2.75) is 241 Å². The number of hydrogen-bond donors (Lipinski definition) is 11. The van der Waals surface area contributed by atoms with Gasteiger partial charge in [-0.2, -0.15) is 0 Å². The molecular formula is C53H95N7O14. The maximum atomic E-state index is 14.1. The lowest BCUT2D eigenvalue weighted by molar-refractivity contribution is -0.143. The molecule has 0 rings (SSSR count). The van der Waals surface area contributed by atoms with E-state index in [9.17, 15) is 68.4 Å². The van der Waals surface area contributed by atoms with E-state index in [1.807, 2.05) is 0 Å². The van der Waals surface area contributed by atoms with Crippen LogP contribution in [0.2, 0.25) is 0 Å². The smallest absolute Gasteiger partial charge is 0.326 e. The topological polar surface area (TPSA) is 336 Å². The second-order valence-corrected chi connectivity index (χ2v) is 22.3. The van der Waals surface area contributed by atoms with Gasteiger partial charge >= 0.3 is 17.9 Å². The molecule has 7 amide bonds. The molecule has 1 unspecified atom stereocenters. The lowest BCUT2D eigenvalue weighted by atomic mass is 9.98. The summed E-state index contributed by atoms with van der Waals surface area (Å²) in [5.41, 5.74) is 0. The number of unbranched alkanes of at least 4 members (excludes halogenated alkanes) is 6. The summed E-state index contributed by atoms with van der Waals surface area (Å²) in [7, 11) is 0. The highest BCUT2D eigenvalue weighted by atomic mass is 16.4.